The minimum atomic E-state index is -0.113. The van der Waals surface area contributed by atoms with Crippen molar-refractivity contribution in [1.82, 2.24) is 14.5 Å². The third-order valence-electron chi connectivity index (χ3n) is 13.6. The molecule has 1 atom stereocenters. The van der Waals surface area contributed by atoms with Crippen LogP contribution in [0.2, 0.25) is 0 Å². The Kier molecular flexibility index (Phi) is 9.54. The van der Waals surface area contributed by atoms with E-state index in [1.807, 2.05) is 0 Å². The lowest BCUT2D eigenvalue weighted by Crippen LogP contribution is -2.31. The molecule has 0 spiro atoms. The molecule has 2 aromatic heterocycles. The highest BCUT2D eigenvalue weighted by Crippen LogP contribution is 2.37. The first-order valence-electron chi connectivity index (χ1n) is 23.3. The van der Waals surface area contributed by atoms with Gasteiger partial charge in [0.25, 0.3) is 0 Å². The molecule has 3 heterocycles. The van der Waals surface area contributed by atoms with Crippen LogP contribution in [0.1, 0.15) is 22.7 Å². The van der Waals surface area contributed by atoms with Crippen LogP contribution in [0, 0.1) is 0 Å². The molecule has 13 rings (SSSR count). The molecule has 4 heteroatoms. The normalized spacial score (nSPS) is 13.7. The molecule has 0 saturated heterocycles. The number of nitrogens with one attached hydrogen (secondary N) is 1. The largest absolute Gasteiger partial charge is 0.359 e. The van der Waals surface area contributed by atoms with Crippen molar-refractivity contribution in [3.05, 3.63) is 271 Å². The number of nitrogens with zero attached hydrogens (tertiary/aromatic N) is 3. The van der Waals surface area contributed by atoms with Gasteiger partial charge in [-0.15, -0.1) is 0 Å². The van der Waals surface area contributed by atoms with Gasteiger partial charge in [0.15, 0.2) is 0 Å². The van der Waals surface area contributed by atoms with E-state index in [4.69, 9.17) is 4.99 Å². The van der Waals surface area contributed by atoms with Crippen molar-refractivity contribution in [3.8, 4) is 44.8 Å². The lowest BCUT2D eigenvalue weighted by atomic mass is 9.96. The van der Waals surface area contributed by atoms with Gasteiger partial charge in [0.1, 0.15) is 5.84 Å². The number of fused-ring (bicyclic) bond motifs is 6. The van der Waals surface area contributed by atoms with Crippen LogP contribution >= 0.6 is 0 Å². The second-order valence-electron chi connectivity index (χ2n) is 17.6. The van der Waals surface area contributed by atoms with E-state index in [0.29, 0.717) is 0 Å². The average molecular weight is 869 g/mol. The van der Waals surface area contributed by atoms with Crippen LogP contribution < -0.4 is 5.32 Å². The van der Waals surface area contributed by atoms with Gasteiger partial charge in [0, 0.05) is 38.5 Å². The van der Waals surface area contributed by atoms with Crippen LogP contribution in [-0.4, -0.2) is 15.0 Å². The maximum atomic E-state index is 5.34. The number of para-hydroxylation sites is 4. The number of rotatable bonds is 8. The molecule has 0 saturated carbocycles. The van der Waals surface area contributed by atoms with E-state index in [2.05, 4.69) is 269 Å². The van der Waals surface area contributed by atoms with Gasteiger partial charge >= 0.3 is 0 Å². The maximum absolute atomic E-state index is 5.34. The summed E-state index contributed by atoms with van der Waals surface area (Å²) in [6, 6.07) is 89.5. The molecule has 0 radical (unpaired) electrons. The smallest absolute Gasteiger partial charge is 0.134 e. The highest BCUT2D eigenvalue weighted by Gasteiger charge is 2.21. The third-order valence-corrected chi connectivity index (χ3v) is 13.6. The molecule has 1 N–H and O–H groups in total. The maximum Gasteiger partial charge on any atom is 0.134 e. The molecule has 0 aliphatic carbocycles. The summed E-state index contributed by atoms with van der Waals surface area (Å²) in [6.45, 7) is 0. The molecule has 4 nitrogen and oxygen atoms in total. The molecule has 68 heavy (non-hydrogen) atoms. The number of hydrogen-bond donors (Lipinski definition) is 1. The van der Waals surface area contributed by atoms with E-state index in [9.17, 15) is 0 Å². The molecule has 12 aromatic rings. The summed E-state index contributed by atoms with van der Waals surface area (Å²) < 4.78 is 4.76. The van der Waals surface area contributed by atoms with Crippen LogP contribution in [0.4, 0.5) is 0 Å². The first-order chi connectivity index (χ1) is 33.7. The van der Waals surface area contributed by atoms with Crippen LogP contribution in [0.3, 0.4) is 0 Å². The van der Waals surface area contributed by atoms with Crippen molar-refractivity contribution in [3.63, 3.8) is 0 Å². The third kappa shape index (κ3) is 6.90. The Bertz CT molecular complexity index is 3820. The summed E-state index contributed by atoms with van der Waals surface area (Å²) in [6.07, 6.45) is 2.26. The van der Waals surface area contributed by atoms with E-state index in [1.54, 1.807) is 0 Å². The van der Waals surface area contributed by atoms with Gasteiger partial charge in [0.05, 0.1) is 33.8 Å². The van der Waals surface area contributed by atoms with Crippen LogP contribution in [0.25, 0.3) is 94.1 Å². The molecule has 10 aromatic carbocycles. The van der Waals surface area contributed by atoms with Gasteiger partial charge in [0.2, 0.25) is 0 Å². The van der Waals surface area contributed by atoms with Gasteiger partial charge < -0.3 is 14.5 Å². The first kappa shape index (κ1) is 39.4. The lowest BCUT2D eigenvalue weighted by molar-refractivity contribution is 0.781. The second kappa shape index (κ2) is 16.5. The molecule has 1 aliphatic rings. The van der Waals surface area contributed by atoms with Crippen LogP contribution in [0.15, 0.2) is 260 Å². The summed E-state index contributed by atoms with van der Waals surface area (Å²) in [5.74, 6) is 0.844. The van der Waals surface area contributed by atoms with E-state index in [1.165, 1.54) is 60.3 Å². The highest BCUT2D eigenvalue weighted by molar-refractivity contribution is 6.10. The van der Waals surface area contributed by atoms with Crippen molar-refractivity contribution in [2.45, 2.75) is 6.04 Å². The van der Waals surface area contributed by atoms with Crippen molar-refractivity contribution in [2.24, 2.45) is 4.99 Å². The van der Waals surface area contributed by atoms with Gasteiger partial charge in [-0.2, -0.15) is 0 Å². The average Bonchev–Trinajstić information content (AvgIpc) is 3.94. The second-order valence-corrected chi connectivity index (χ2v) is 17.6. The predicted molar refractivity (Wildman–Crippen MR) is 285 cm³/mol. The Balaban J connectivity index is 0.846. The summed E-state index contributed by atoms with van der Waals surface area (Å²) in [4.78, 5) is 5.34. The minimum Gasteiger partial charge on any atom is -0.359 e. The van der Waals surface area contributed by atoms with Gasteiger partial charge in [-0.1, -0.05) is 194 Å². The molecular weight excluding hydrogens is 825 g/mol. The summed E-state index contributed by atoms with van der Waals surface area (Å²) in [7, 11) is 0. The molecule has 320 valence electrons. The van der Waals surface area contributed by atoms with Gasteiger partial charge in [-0.3, -0.25) is 0 Å². The van der Waals surface area contributed by atoms with E-state index in [-0.39, 0.29) is 6.04 Å². The van der Waals surface area contributed by atoms with Crippen molar-refractivity contribution >= 4 is 55.1 Å². The molecule has 1 aliphatic heterocycles. The molecule has 0 amide bonds. The Morgan fingerprint density at radius 2 is 0.691 bits per heavy atom. The zero-order valence-electron chi connectivity index (χ0n) is 37.2. The quantitative estimate of drug-likeness (QED) is 0.162. The fourth-order valence-electron chi connectivity index (χ4n) is 10.3. The highest BCUT2D eigenvalue weighted by atomic mass is 15.0. The van der Waals surface area contributed by atoms with Crippen molar-refractivity contribution in [2.75, 3.05) is 0 Å². The van der Waals surface area contributed by atoms with Gasteiger partial charge in [-0.25, -0.2) is 4.99 Å². The fourth-order valence-corrected chi connectivity index (χ4v) is 10.3. The zero-order chi connectivity index (χ0) is 45.0. The Morgan fingerprint density at radius 3 is 1.21 bits per heavy atom. The predicted octanol–water partition coefficient (Wildman–Crippen LogP) is 16.0. The first-order valence-corrected chi connectivity index (χ1v) is 23.3. The number of hydrogen-bond acceptors (Lipinski definition) is 2. The van der Waals surface area contributed by atoms with Gasteiger partial charge in [-0.05, 0) is 105 Å². The van der Waals surface area contributed by atoms with Crippen LogP contribution in [0.5, 0.6) is 0 Å². The monoisotopic (exact) mass is 868 g/mol. The number of amidine groups is 1. The van der Waals surface area contributed by atoms with E-state index in [0.717, 1.165) is 56.3 Å². The lowest BCUT2D eigenvalue weighted by Gasteiger charge is -2.25. The fraction of sp³-hybridized carbons (Fsp3) is 0.0156. The Morgan fingerprint density at radius 1 is 0.309 bits per heavy atom. The number of aliphatic imine (C=N–C) groups is 1. The molecule has 1 unspecified atom stereocenters. The van der Waals surface area contributed by atoms with Crippen molar-refractivity contribution < 1.29 is 0 Å². The van der Waals surface area contributed by atoms with Crippen LogP contribution in [-0.2, 0) is 0 Å². The molecule has 0 fully saturated rings. The van der Waals surface area contributed by atoms with E-state index < -0.39 is 0 Å². The topological polar surface area (TPSA) is 34.2 Å². The molecule has 0 bridgehead atoms. The SMILES string of the molecule is C1=C(c2ccc(-c3cccc(-n4c5ccccc5c5ccccc54)c3)cc2)N=C(c2cccc(-c3ccccc3)c2)NC1c1ccc(-c2cccc(-n3c4ccccc4c4ccccc43)c2)cc1. The number of benzene rings is 10. The summed E-state index contributed by atoms with van der Waals surface area (Å²) >= 11 is 0. The Hall–Kier alpha value is -8.99. The Labute approximate surface area is 395 Å². The summed E-state index contributed by atoms with van der Waals surface area (Å²) in [5.41, 5.74) is 18.3. The number of aromatic nitrogens is 2. The van der Waals surface area contributed by atoms with E-state index >= 15 is 0 Å². The minimum absolute atomic E-state index is 0.113. The standard InChI is InChI=1S/C64H44N4/c1-2-15-43(16-3-1)48-17-12-20-51(39-48)64-65-58(46-35-31-44(32-36-46)49-18-13-21-52(40-49)67-60-27-8-4-23-54(60)55-24-5-9-28-61(55)67)42-59(66-64)47-37-33-45(34-38-47)50-19-14-22-53(41-50)68-62-29-10-6-25-56(62)57-26-7-11-30-63(57)68/h1-42,58H,(H,65,66). The van der Waals surface area contributed by atoms with Crippen molar-refractivity contribution in [1.29, 1.82) is 0 Å². The summed E-state index contributed by atoms with van der Waals surface area (Å²) in [5, 5.41) is 8.88. The molecular formula is C64H44N4. The zero-order valence-corrected chi connectivity index (χ0v) is 37.2.